The first kappa shape index (κ1) is 19.6. The van der Waals surface area contributed by atoms with Gasteiger partial charge in [0, 0.05) is 23.1 Å². The van der Waals surface area contributed by atoms with E-state index in [4.69, 9.17) is 12.2 Å². The number of hydrogen-bond acceptors (Lipinski definition) is 3. The van der Waals surface area contributed by atoms with Crippen molar-refractivity contribution in [2.24, 2.45) is 5.10 Å². The van der Waals surface area contributed by atoms with E-state index in [1.807, 2.05) is 62.4 Å². The first-order valence-corrected chi connectivity index (χ1v) is 9.64. The molecular weight excluding hydrogens is 364 g/mol. The molecule has 3 aromatic rings. The molecule has 0 aromatic heterocycles. The third kappa shape index (κ3) is 5.41. The van der Waals surface area contributed by atoms with Crippen molar-refractivity contribution in [1.29, 1.82) is 0 Å². The van der Waals surface area contributed by atoms with Crippen molar-refractivity contribution in [3.8, 4) is 0 Å². The maximum absolute atomic E-state index is 5.17. The lowest BCUT2D eigenvalue weighted by Crippen LogP contribution is -2.36. The molecule has 4 nitrogen and oxygen atoms in total. The van der Waals surface area contributed by atoms with Gasteiger partial charge in [0.1, 0.15) is 0 Å². The molecule has 28 heavy (non-hydrogen) atoms. The SMILES string of the molecule is CC(C)NC(=S)NN=Cc1ccc(N(c2ccccc2)c2ccccc2)cc1. The van der Waals surface area contributed by atoms with E-state index in [1.165, 1.54) is 0 Å². The van der Waals surface area contributed by atoms with Gasteiger partial charge < -0.3 is 10.2 Å². The Kier molecular flexibility index (Phi) is 6.76. The van der Waals surface area contributed by atoms with Gasteiger partial charge in [0.15, 0.2) is 5.11 Å². The average molecular weight is 389 g/mol. The summed E-state index contributed by atoms with van der Waals surface area (Å²) in [6.45, 7) is 4.06. The molecule has 0 saturated heterocycles. The first-order valence-electron chi connectivity index (χ1n) is 9.23. The van der Waals surface area contributed by atoms with Gasteiger partial charge in [-0.05, 0) is 68.0 Å². The highest BCUT2D eigenvalue weighted by Crippen LogP contribution is 2.33. The van der Waals surface area contributed by atoms with Gasteiger partial charge in [-0.2, -0.15) is 5.10 Å². The number of nitrogens with one attached hydrogen (secondary N) is 2. The van der Waals surface area contributed by atoms with Gasteiger partial charge in [0.2, 0.25) is 0 Å². The molecule has 0 spiro atoms. The summed E-state index contributed by atoms with van der Waals surface area (Å²) in [6.07, 6.45) is 1.76. The lowest BCUT2D eigenvalue weighted by atomic mass is 10.1. The molecule has 0 aliphatic carbocycles. The fraction of sp³-hybridized carbons (Fsp3) is 0.130. The number of hydrogen-bond donors (Lipinski definition) is 2. The Labute approximate surface area is 171 Å². The number of rotatable bonds is 6. The molecule has 0 aliphatic heterocycles. The van der Waals surface area contributed by atoms with Gasteiger partial charge in [-0.3, -0.25) is 5.43 Å². The zero-order chi connectivity index (χ0) is 19.8. The molecule has 2 N–H and O–H groups in total. The molecule has 0 bridgehead atoms. The third-order valence-corrected chi connectivity index (χ3v) is 4.19. The standard InChI is InChI=1S/C23H24N4S/c1-18(2)25-23(28)26-24-17-19-13-15-22(16-14-19)27(20-9-5-3-6-10-20)21-11-7-4-8-12-21/h3-18H,1-2H3,(H2,25,26,28). The molecule has 0 radical (unpaired) electrons. The molecule has 3 rings (SSSR count). The Morgan fingerprint density at radius 2 is 1.32 bits per heavy atom. The van der Waals surface area contributed by atoms with E-state index in [0.717, 1.165) is 22.6 Å². The molecule has 3 aromatic carbocycles. The summed E-state index contributed by atoms with van der Waals surface area (Å²) in [5.41, 5.74) is 7.13. The van der Waals surface area contributed by atoms with Crippen molar-refractivity contribution in [2.45, 2.75) is 19.9 Å². The summed E-state index contributed by atoms with van der Waals surface area (Å²) in [5.74, 6) is 0. The van der Waals surface area contributed by atoms with Gasteiger partial charge in [-0.1, -0.05) is 48.5 Å². The maximum atomic E-state index is 5.17. The topological polar surface area (TPSA) is 39.7 Å². The summed E-state index contributed by atoms with van der Waals surface area (Å²) in [5, 5.41) is 7.80. The minimum absolute atomic E-state index is 0.274. The van der Waals surface area contributed by atoms with Crippen LogP contribution in [0.3, 0.4) is 0 Å². The summed E-state index contributed by atoms with van der Waals surface area (Å²) >= 11 is 5.17. The summed E-state index contributed by atoms with van der Waals surface area (Å²) in [7, 11) is 0. The van der Waals surface area contributed by atoms with Crippen LogP contribution in [-0.4, -0.2) is 17.4 Å². The van der Waals surface area contributed by atoms with Crippen molar-refractivity contribution in [1.82, 2.24) is 10.7 Å². The fourth-order valence-electron chi connectivity index (χ4n) is 2.77. The molecule has 0 aliphatic rings. The Morgan fingerprint density at radius 1 is 0.821 bits per heavy atom. The van der Waals surface area contributed by atoms with E-state index >= 15 is 0 Å². The monoisotopic (exact) mass is 388 g/mol. The average Bonchev–Trinajstić information content (AvgIpc) is 2.70. The molecule has 5 heteroatoms. The Balaban J connectivity index is 1.78. The normalized spacial score (nSPS) is 10.8. The molecule has 142 valence electrons. The predicted molar refractivity (Wildman–Crippen MR) is 123 cm³/mol. The zero-order valence-corrected chi connectivity index (χ0v) is 16.9. The summed E-state index contributed by atoms with van der Waals surface area (Å²) in [6, 6.07) is 29.2. The smallest absolute Gasteiger partial charge is 0.187 e. The van der Waals surface area contributed by atoms with Crippen LogP contribution in [0.4, 0.5) is 17.1 Å². The highest BCUT2D eigenvalue weighted by Gasteiger charge is 2.11. The minimum atomic E-state index is 0.274. The van der Waals surface area contributed by atoms with E-state index in [-0.39, 0.29) is 6.04 Å². The molecular formula is C23H24N4S. The van der Waals surface area contributed by atoms with Crippen LogP contribution in [0.25, 0.3) is 0 Å². The van der Waals surface area contributed by atoms with Gasteiger partial charge in [0.05, 0.1) is 6.21 Å². The van der Waals surface area contributed by atoms with Crippen LogP contribution in [0.2, 0.25) is 0 Å². The summed E-state index contributed by atoms with van der Waals surface area (Å²) < 4.78 is 0. The third-order valence-electron chi connectivity index (χ3n) is 3.98. The van der Waals surface area contributed by atoms with Gasteiger partial charge in [-0.25, -0.2) is 0 Å². The molecule has 0 unspecified atom stereocenters. The number of anilines is 3. The Bertz CT molecular complexity index is 867. The number of hydrazone groups is 1. The van der Waals surface area contributed by atoms with E-state index in [0.29, 0.717) is 5.11 Å². The van der Waals surface area contributed by atoms with Crippen LogP contribution in [-0.2, 0) is 0 Å². The number of benzene rings is 3. The largest absolute Gasteiger partial charge is 0.359 e. The van der Waals surface area contributed by atoms with Gasteiger partial charge in [-0.15, -0.1) is 0 Å². The highest BCUT2D eigenvalue weighted by molar-refractivity contribution is 7.80. The van der Waals surface area contributed by atoms with Crippen molar-refractivity contribution in [3.05, 3.63) is 90.5 Å². The van der Waals surface area contributed by atoms with Crippen LogP contribution < -0.4 is 15.6 Å². The fourth-order valence-corrected chi connectivity index (χ4v) is 3.06. The van der Waals surface area contributed by atoms with Crippen molar-refractivity contribution in [3.63, 3.8) is 0 Å². The highest BCUT2D eigenvalue weighted by atomic mass is 32.1. The number of para-hydroxylation sites is 2. The van der Waals surface area contributed by atoms with E-state index in [9.17, 15) is 0 Å². The molecule has 0 heterocycles. The van der Waals surface area contributed by atoms with Gasteiger partial charge in [0.25, 0.3) is 0 Å². The van der Waals surface area contributed by atoms with Crippen LogP contribution >= 0.6 is 12.2 Å². The number of nitrogens with zero attached hydrogens (tertiary/aromatic N) is 2. The Morgan fingerprint density at radius 3 is 1.82 bits per heavy atom. The number of thiocarbonyl (C=S) groups is 1. The summed E-state index contributed by atoms with van der Waals surface area (Å²) in [4.78, 5) is 2.22. The molecule has 0 amide bonds. The van der Waals surface area contributed by atoms with Crippen LogP contribution in [0.15, 0.2) is 90.0 Å². The second-order valence-electron chi connectivity index (χ2n) is 6.60. The van der Waals surface area contributed by atoms with Crippen molar-refractivity contribution >= 4 is 40.6 Å². The molecule has 0 fully saturated rings. The first-order chi connectivity index (χ1) is 13.6. The maximum Gasteiger partial charge on any atom is 0.187 e. The quantitative estimate of drug-likeness (QED) is 0.339. The van der Waals surface area contributed by atoms with Crippen molar-refractivity contribution < 1.29 is 0 Å². The van der Waals surface area contributed by atoms with Crippen molar-refractivity contribution in [2.75, 3.05) is 4.90 Å². The molecule has 0 atom stereocenters. The van der Waals surface area contributed by atoms with Crippen LogP contribution in [0, 0.1) is 0 Å². The predicted octanol–water partition coefficient (Wildman–Crippen LogP) is 5.36. The lowest BCUT2D eigenvalue weighted by Gasteiger charge is -2.25. The Hall–Kier alpha value is -3.18. The zero-order valence-electron chi connectivity index (χ0n) is 16.0. The van der Waals surface area contributed by atoms with Crippen LogP contribution in [0.1, 0.15) is 19.4 Å². The second kappa shape index (κ2) is 9.67. The lowest BCUT2D eigenvalue weighted by molar-refractivity contribution is 0.720. The molecule has 0 saturated carbocycles. The van der Waals surface area contributed by atoms with Gasteiger partial charge >= 0.3 is 0 Å². The van der Waals surface area contributed by atoms with Crippen LogP contribution in [0.5, 0.6) is 0 Å². The van der Waals surface area contributed by atoms with E-state index in [2.05, 4.69) is 57.1 Å². The van der Waals surface area contributed by atoms with E-state index < -0.39 is 0 Å². The van der Waals surface area contributed by atoms with E-state index in [1.54, 1.807) is 6.21 Å². The second-order valence-corrected chi connectivity index (χ2v) is 7.00. The minimum Gasteiger partial charge on any atom is -0.359 e.